The molecule has 0 heterocycles. The lowest BCUT2D eigenvalue weighted by atomic mass is 10.2. The molecule has 0 saturated carbocycles. The molecule has 0 aromatic carbocycles. The van der Waals surface area contributed by atoms with Crippen LogP contribution in [0.15, 0.2) is 0 Å². The van der Waals surface area contributed by atoms with E-state index in [0.717, 1.165) is 0 Å². The average Bonchev–Trinajstić information content (AvgIpc) is 2.04. The molecule has 0 spiro atoms. The minimum absolute atomic E-state index is 0.129. The number of likely N-dealkylation sites (N-methyl/N-ethyl adjacent to an activating group) is 1. The number of hydrogen-bond acceptors (Lipinski definition) is 3. The molecule has 0 bridgehead atoms. The van der Waals surface area contributed by atoms with Gasteiger partial charge in [0.1, 0.15) is 0 Å². The smallest absolute Gasteiger partial charge is 0.236 e. The topological polar surface area (TPSA) is 84.2 Å². The van der Waals surface area contributed by atoms with Gasteiger partial charge in [-0.2, -0.15) is 0 Å². The molecule has 0 radical (unpaired) electrons. The molecule has 5 nitrogen and oxygen atoms in total. The van der Waals surface area contributed by atoms with Crippen LogP contribution in [0.25, 0.3) is 0 Å². The van der Waals surface area contributed by atoms with Crippen molar-refractivity contribution in [3.8, 4) is 0 Å². The Kier molecular flexibility index (Phi) is 5.06. The number of carbonyl (C=O) groups excluding carboxylic acids is 2. The zero-order valence-corrected chi connectivity index (χ0v) is 8.26. The van der Waals surface area contributed by atoms with Crippen LogP contribution in [-0.4, -0.2) is 30.4 Å². The second-order valence-electron chi connectivity index (χ2n) is 2.91. The van der Waals surface area contributed by atoms with Gasteiger partial charge < -0.3 is 11.1 Å². The fourth-order valence-corrected chi connectivity index (χ4v) is 0.860. The van der Waals surface area contributed by atoms with Crippen molar-refractivity contribution in [1.29, 1.82) is 0 Å². The summed E-state index contributed by atoms with van der Waals surface area (Å²) >= 11 is 0. The lowest BCUT2D eigenvalue weighted by Gasteiger charge is -2.16. The zero-order valence-electron chi connectivity index (χ0n) is 8.26. The predicted octanol–water partition coefficient (Wildman–Crippen LogP) is -1.03. The summed E-state index contributed by atoms with van der Waals surface area (Å²) in [6.07, 6.45) is 0. The monoisotopic (exact) mass is 187 g/mol. The average molecular weight is 187 g/mol. The SMILES string of the molecule is CCNC(=O)C(C)NC(C)C(N)=O. The van der Waals surface area contributed by atoms with E-state index >= 15 is 0 Å². The van der Waals surface area contributed by atoms with Crippen molar-refractivity contribution in [3.05, 3.63) is 0 Å². The molecule has 2 atom stereocenters. The third-order valence-corrected chi connectivity index (χ3v) is 1.67. The highest BCUT2D eigenvalue weighted by Crippen LogP contribution is 1.86. The van der Waals surface area contributed by atoms with E-state index in [-0.39, 0.29) is 5.91 Å². The van der Waals surface area contributed by atoms with Gasteiger partial charge in [-0.3, -0.25) is 14.9 Å². The van der Waals surface area contributed by atoms with E-state index in [4.69, 9.17) is 5.73 Å². The number of carbonyl (C=O) groups is 2. The van der Waals surface area contributed by atoms with Gasteiger partial charge >= 0.3 is 0 Å². The Hall–Kier alpha value is -1.10. The van der Waals surface area contributed by atoms with Gasteiger partial charge in [-0.15, -0.1) is 0 Å². The van der Waals surface area contributed by atoms with Gasteiger partial charge in [0, 0.05) is 6.54 Å². The van der Waals surface area contributed by atoms with E-state index in [9.17, 15) is 9.59 Å². The summed E-state index contributed by atoms with van der Waals surface area (Å²) in [7, 11) is 0. The minimum Gasteiger partial charge on any atom is -0.368 e. The molecule has 13 heavy (non-hydrogen) atoms. The van der Waals surface area contributed by atoms with Gasteiger partial charge in [-0.05, 0) is 20.8 Å². The maximum absolute atomic E-state index is 11.2. The highest BCUT2D eigenvalue weighted by molar-refractivity contribution is 5.83. The first-order valence-electron chi connectivity index (χ1n) is 4.32. The van der Waals surface area contributed by atoms with Crippen LogP contribution in [0.3, 0.4) is 0 Å². The van der Waals surface area contributed by atoms with Crippen LogP contribution in [0.2, 0.25) is 0 Å². The second-order valence-corrected chi connectivity index (χ2v) is 2.91. The van der Waals surface area contributed by atoms with Crippen molar-refractivity contribution in [1.82, 2.24) is 10.6 Å². The summed E-state index contributed by atoms with van der Waals surface area (Å²) in [6.45, 7) is 5.72. The van der Waals surface area contributed by atoms with E-state index in [1.165, 1.54) is 0 Å². The Balaban J connectivity index is 3.92. The number of hydrogen-bond donors (Lipinski definition) is 3. The Morgan fingerprint density at radius 3 is 2.23 bits per heavy atom. The van der Waals surface area contributed by atoms with Crippen LogP contribution < -0.4 is 16.4 Å². The van der Waals surface area contributed by atoms with Crippen molar-refractivity contribution in [2.75, 3.05) is 6.54 Å². The Morgan fingerprint density at radius 2 is 1.85 bits per heavy atom. The molecule has 5 heteroatoms. The number of amides is 2. The summed E-state index contributed by atoms with van der Waals surface area (Å²) in [6, 6.07) is -0.889. The molecule has 0 aromatic heterocycles. The summed E-state index contributed by atoms with van der Waals surface area (Å²) < 4.78 is 0. The molecule has 4 N–H and O–H groups in total. The van der Waals surface area contributed by atoms with Crippen LogP contribution >= 0.6 is 0 Å². The van der Waals surface area contributed by atoms with E-state index in [0.29, 0.717) is 6.54 Å². The van der Waals surface area contributed by atoms with Gasteiger partial charge in [0.05, 0.1) is 12.1 Å². The zero-order chi connectivity index (χ0) is 10.4. The number of primary amides is 1. The molecule has 0 rings (SSSR count). The third kappa shape index (κ3) is 4.47. The van der Waals surface area contributed by atoms with Crippen LogP contribution in [0.4, 0.5) is 0 Å². The minimum atomic E-state index is -0.488. The second kappa shape index (κ2) is 5.53. The first-order chi connectivity index (χ1) is 5.99. The normalized spacial score (nSPS) is 14.7. The van der Waals surface area contributed by atoms with E-state index in [2.05, 4.69) is 10.6 Å². The fourth-order valence-electron chi connectivity index (χ4n) is 0.860. The van der Waals surface area contributed by atoms with Gasteiger partial charge in [-0.25, -0.2) is 0 Å². The molecule has 0 saturated heterocycles. The molecule has 2 unspecified atom stereocenters. The van der Waals surface area contributed by atoms with E-state index < -0.39 is 18.0 Å². The molecule has 0 fully saturated rings. The van der Waals surface area contributed by atoms with Gasteiger partial charge in [-0.1, -0.05) is 0 Å². The Morgan fingerprint density at radius 1 is 1.31 bits per heavy atom. The number of nitrogens with one attached hydrogen (secondary N) is 2. The van der Waals surface area contributed by atoms with Crippen molar-refractivity contribution in [3.63, 3.8) is 0 Å². The summed E-state index contributed by atoms with van der Waals surface area (Å²) in [5, 5.41) is 5.41. The lowest BCUT2D eigenvalue weighted by Crippen LogP contribution is -2.49. The van der Waals surface area contributed by atoms with Gasteiger partial charge in [0.2, 0.25) is 11.8 Å². The molecular formula is C8H17N3O2. The first-order valence-corrected chi connectivity index (χ1v) is 4.32. The number of rotatable bonds is 5. The number of nitrogens with two attached hydrogens (primary N) is 1. The largest absolute Gasteiger partial charge is 0.368 e. The van der Waals surface area contributed by atoms with Crippen molar-refractivity contribution < 1.29 is 9.59 Å². The first kappa shape index (κ1) is 11.9. The maximum Gasteiger partial charge on any atom is 0.236 e. The van der Waals surface area contributed by atoms with Gasteiger partial charge in [0.25, 0.3) is 0 Å². The molecule has 0 aliphatic rings. The highest BCUT2D eigenvalue weighted by atomic mass is 16.2. The lowest BCUT2D eigenvalue weighted by molar-refractivity contribution is -0.123. The molecule has 0 aliphatic carbocycles. The van der Waals surface area contributed by atoms with E-state index in [1.807, 2.05) is 6.92 Å². The molecule has 2 amide bonds. The molecule has 0 aliphatic heterocycles. The van der Waals surface area contributed by atoms with Crippen LogP contribution in [0, 0.1) is 0 Å². The van der Waals surface area contributed by atoms with Crippen LogP contribution in [0.5, 0.6) is 0 Å². The molecule has 76 valence electrons. The highest BCUT2D eigenvalue weighted by Gasteiger charge is 2.16. The molecule has 0 aromatic rings. The third-order valence-electron chi connectivity index (χ3n) is 1.67. The quantitative estimate of drug-likeness (QED) is 0.515. The fraction of sp³-hybridized carbons (Fsp3) is 0.750. The van der Waals surface area contributed by atoms with Crippen LogP contribution in [0.1, 0.15) is 20.8 Å². The Bertz CT molecular complexity index is 194. The van der Waals surface area contributed by atoms with Crippen molar-refractivity contribution in [2.24, 2.45) is 5.73 Å². The molecular weight excluding hydrogens is 170 g/mol. The summed E-state index contributed by atoms with van der Waals surface area (Å²) in [5.41, 5.74) is 5.03. The maximum atomic E-state index is 11.2. The van der Waals surface area contributed by atoms with E-state index in [1.54, 1.807) is 13.8 Å². The van der Waals surface area contributed by atoms with Crippen molar-refractivity contribution >= 4 is 11.8 Å². The summed E-state index contributed by atoms with van der Waals surface area (Å²) in [4.78, 5) is 21.8. The van der Waals surface area contributed by atoms with Crippen LogP contribution in [-0.2, 0) is 9.59 Å². The van der Waals surface area contributed by atoms with Crippen molar-refractivity contribution in [2.45, 2.75) is 32.9 Å². The van der Waals surface area contributed by atoms with Gasteiger partial charge in [0.15, 0.2) is 0 Å². The Labute approximate surface area is 78.1 Å². The summed E-state index contributed by atoms with van der Waals surface area (Å²) in [5.74, 6) is -0.591. The standard InChI is InChI=1S/C8H17N3O2/c1-4-10-8(13)6(3)11-5(2)7(9)12/h5-6,11H,4H2,1-3H3,(H2,9,12)(H,10,13). The predicted molar refractivity (Wildman–Crippen MR) is 49.9 cm³/mol.